The van der Waals surface area contributed by atoms with E-state index in [0.29, 0.717) is 13.2 Å². The van der Waals surface area contributed by atoms with E-state index in [1.807, 2.05) is 13.8 Å². The maximum absolute atomic E-state index is 5.97. The van der Waals surface area contributed by atoms with Crippen LogP contribution in [0, 0.1) is 0 Å². The van der Waals surface area contributed by atoms with Crippen molar-refractivity contribution < 1.29 is 9.57 Å². The third kappa shape index (κ3) is 5.11. The highest BCUT2D eigenvalue weighted by Crippen LogP contribution is 2.23. The highest BCUT2D eigenvalue weighted by atomic mass is 16.7. The van der Waals surface area contributed by atoms with Crippen LogP contribution in [0.5, 0.6) is 5.75 Å². The lowest BCUT2D eigenvalue weighted by molar-refractivity contribution is -0.158. The van der Waals surface area contributed by atoms with Gasteiger partial charge in [-0.1, -0.05) is 32.4 Å². The van der Waals surface area contributed by atoms with Crippen molar-refractivity contribution >= 4 is 11.9 Å². The molecule has 0 saturated carbocycles. The molecule has 26 heavy (non-hydrogen) atoms. The molecule has 7 nitrogen and oxygen atoms in total. The Labute approximate surface area is 156 Å². The van der Waals surface area contributed by atoms with Crippen LogP contribution in [-0.4, -0.2) is 35.9 Å². The van der Waals surface area contributed by atoms with Crippen molar-refractivity contribution in [2.24, 2.45) is 21.5 Å². The minimum atomic E-state index is -0.680. The fourth-order valence-electron chi connectivity index (χ4n) is 2.87. The summed E-state index contributed by atoms with van der Waals surface area (Å²) in [4.78, 5) is 13.9. The van der Waals surface area contributed by atoms with E-state index in [-0.39, 0.29) is 11.9 Å². The molecule has 4 N–H and O–H groups in total. The standard InChI is InChI=1S/C19H31N5O2/c1-5-8-15-13-14(6-2)9-10-16(15)25-11-7-12-26-24-18(21)22-17(20)23-19(24,3)4/h9-10,13H,5-8,11-12H2,1-4H3,(H4,20,21,22,23). The predicted molar refractivity (Wildman–Crippen MR) is 105 cm³/mol. The second-order valence-corrected chi connectivity index (χ2v) is 6.81. The Morgan fingerprint density at radius 1 is 1.15 bits per heavy atom. The van der Waals surface area contributed by atoms with E-state index in [1.165, 1.54) is 16.2 Å². The number of aliphatic imine (C=N–C) groups is 2. The molecule has 2 rings (SSSR count). The zero-order chi connectivity index (χ0) is 19.2. The topological polar surface area (TPSA) is 98.5 Å². The Kier molecular flexibility index (Phi) is 6.85. The van der Waals surface area contributed by atoms with E-state index < -0.39 is 5.66 Å². The molecular weight excluding hydrogens is 330 g/mol. The third-order valence-corrected chi connectivity index (χ3v) is 4.14. The van der Waals surface area contributed by atoms with Crippen molar-refractivity contribution in [3.63, 3.8) is 0 Å². The van der Waals surface area contributed by atoms with Crippen molar-refractivity contribution in [3.8, 4) is 5.75 Å². The van der Waals surface area contributed by atoms with Gasteiger partial charge in [-0.15, -0.1) is 0 Å². The van der Waals surface area contributed by atoms with Gasteiger partial charge in [0.05, 0.1) is 13.2 Å². The number of hydrogen-bond acceptors (Lipinski definition) is 7. The van der Waals surface area contributed by atoms with Gasteiger partial charge in [0.2, 0.25) is 11.9 Å². The van der Waals surface area contributed by atoms with Gasteiger partial charge < -0.3 is 16.2 Å². The average Bonchev–Trinajstić information content (AvgIpc) is 2.57. The molecule has 1 heterocycles. The van der Waals surface area contributed by atoms with Crippen LogP contribution in [0.25, 0.3) is 0 Å². The molecule has 1 aromatic carbocycles. The summed E-state index contributed by atoms with van der Waals surface area (Å²) >= 11 is 0. The Balaban J connectivity index is 1.83. The van der Waals surface area contributed by atoms with Crippen LogP contribution < -0.4 is 16.2 Å². The first-order valence-corrected chi connectivity index (χ1v) is 9.24. The molecule has 0 saturated heterocycles. The summed E-state index contributed by atoms with van der Waals surface area (Å²) in [6.45, 7) is 9.09. The van der Waals surface area contributed by atoms with Gasteiger partial charge in [-0.25, -0.2) is 4.99 Å². The van der Waals surface area contributed by atoms with Gasteiger partial charge >= 0.3 is 0 Å². The van der Waals surface area contributed by atoms with Gasteiger partial charge in [0.15, 0.2) is 5.66 Å². The number of ether oxygens (including phenoxy) is 1. The van der Waals surface area contributed by atoms with Crippen molar-refractivity contribution in [2.75, 3.05) is 13.2 Å². The molecule has 0 amide bonds. The summed E-state index contributed by atoms with van der Waals surface area (Å²) in [6, 6.07) is 6.44. The van der Waals surface area contributed by atoms with Crippen molar-refractivity contribution in [1.82, 2.24) is 5.06 Å². The molecule has 7 heteroatoms. The third-order valence-electron chi connectivity index (χ3n) is 4.14. The molecule has 0 radical (unpaired) electrons. The molecular formula is C19H31N5O2. The molecule has 144 valence electrons. The fraction of sp³-hybridized carbons (Fsp3) is 0.579. The second kappa shape index (κ2) is 8.89. The molecule has 0 bridgehead atoms. The van der Waals surface area contributed by atoms with E-state index in [1.54, 1.807) is 0 Å². The fourth-order valence-corrected chi connectivity index (χ4v) is 2.87. The van der Waals surface area contributed by atoms with Crippen LogP contribution in [0.3, 0.4) is 0 Å². The van der Waals surface area contributed by atoms with Crippen molar-refractivity contribution in [1.29, 1.82) is 0 Å². The second-order valence-electron chi connectivity index (χ2n) is 6.81. The predicted octanol–water partition coefficient (Wildman–Crippen LogP) is 2.58. The Morgan fingerprint density at radius 3 is 2.58 bits per heavy atom. The van der Waals surface area contributed by atoms with E-state index in [4.69, 9.17) is 21.0 Å². The van der Waals surface area contributed by atoms with E-state index in [9.17, 15) is 0 Å². The molecule has 0 aliphatic carbocycles. The molecule has 0 fully saturated rings. The molecule has 0 unspecified atom stereocenters. The monoisotopic (exact) mass is 361 g/mol. The van der Waals surface area contributed by atoms with Crippen LogP contribution in [-0.2, 0) is 17.7 Å². The molecule has 0 aromatic heterocycles. The number of benzene rings is 1. The van der Waals surface area contributed by atoms with E-state index >= 15 is 0 Å². The molecule has 0 spiro atoms. The van der Waals surface area contributed by atoms with Crippen LogP contribution in [0.2, 0.25) is 0 Å². The minimum Gasteiger partial charge on any atom is -0.493 e. The lowest BCUT2D eigenvalue weighted by atomic mass is 10.0. The van der Waals surface area contributed by atoms with Gasteiger partial charge in [-0.3, -0.25) is 4.84 Å². The quantitative estimate of drug-likeness (QED) is 0.659. The summed E-state index contributed by atoms with van der Waals surface area (Å²) in [5.74, 6) is 1.33. The zero-order valence-corrected chi connectivity index (χ0v) is 16.3. The van der Waals surface area contributed by atoms with Crippen LogP contribution in [0.15, 0.2) is 28.2 Å². The van der Waals surface area contributed by atoms with Gasteiger partial charge in [0.1, 0.15) is 5.75 Å². The summed E-state index contributed by atoms with van der Waals surface area (Å²) in [6.07, 6.45) is 3.87. The highest BCUT2D eigenvalue weighted by molar-refractivity contribution is 5.95. The first kappa shape index (κ1) is 20.0. The number of hydroxylamine groups is 2. The molecule has 0 atom stereocenters. The highest BCUT2D eigenvalue weighted by Gasteiger charge is 2.32. The lowest BCUT2D eigenvalue weighted by Crippen LogP contribution is -2.53. The summed E-state index contributed by atoms with van der Waals surface area (Å²) in [5.41, 5.74) is 13.5. The van der Waals surface area contributed by atoms with Gasteiger partial charge in [-0.05, 0) is 43.9 Å². The number of aryl methyl sites for hydroxylation is 2. The van der Waals surface area contributed by atoms with E-state index in [2.05, 4.69) is 42.0 Å². The van der Waals surface area contributed by atoms with Gasteiger partial charge in [-0.2, -0.15) is 10.1 Å². The Bertz CT molecular complexity index is 670. The van der Waals surface area contributed by atoms with Gasteiger partial charge in [0.25, 0.3) is 0 Å². The smallest absolute Gasteiger partial charge is 0.226 e. The number of hydrogen-bond donors (Lipinski definition) is 2. The van der Waals surface area contributed by atoms with Crippen molar-refractivity contribution in [2.45, 2.75) is 59.0 Å². The summed E-state index contributed by atoms with van der Waals surface area (Å²) < 4.78 is 5.97. The number of guanidine groups is 2. The normalized spacial score (nSPS) is 16.2. The van der Waals surface area contributed by atoms with Crippen LogP contribution >= 0.6 is 0 Å². The minimum absolute atomic E-state index is 0.162. The van der Waals surface area contributed by atoms with Crippen LogP contribution in [0.1, 0.15) is 51.7 Å². The first-order valence-electron chi connectivity index (χ1n) is 9.24. The van der Waals surface area contributed by atoms with Crippen molar-refractivity contribution in [3.05, 3.63) is 29.3 Å². The first-order chi connectivity index (χ1) is 12.4. The Morgan fingerprint density at radius 2 is 1.92 bits per heavy atom. The maximum atomic E-state index is 5.97. The maximum Gasteiger partial charge on any atom is 0.226 e. The average molecular weight is 361 g/mol. The lowest BCUT2D eigenvalue weighted by Gasteiger charge is -2.36. The number of rotatable bonds is 9. The zero-order valence-electron chi connectivity index (χ0n) is 16.3. The SMILES string of the molecule is CCCc1cc(CC)ccc1OCCCON1C(N)=NC(N)=NC1(C)C. The Hall–Kier alpha value is -2.28. The number of nitrogens with zero attached hydrogens (tertiary/aromatic N) is 3. The van der Waals surface area contributed by atoms with Gasteiger partial charge in [0, 0.05) is 6.42 Å². The largest absolute Gasteiger partial charge is 0.493 e. The molecule has 1 aliphatic rings. The number of nitrogens with two attached hydrogens (primary N) is 2. The summed E-state index contributed by atoms with van der Waals surface area (Å²) in [5, 5.41) is 1.49. The van der Waals surface area contributed by atoms with E-state index in [0.717, 1.165) is 31.4 Å². The summed E-state index contributed by atoms with van der Waals surface area (Å²) in [7, 11) is 0. The van der Waals surface area contributed by atoms with Crippen LogP contribution in [0.4, 0.5) is 0 Å². The molecule has 1 aliphatic heterocycles. The molecule has 1 aromatic rings.